The molecule has 0 aromatic carbocycles. The third-order valence-corrected chi connectivity index (χ3v) is 2.30. The van der Waals surface area contributed by atoms with Crippen LogP contribution < -0.4 is 10.1 Å². The van der Waals surface area contributed by atoms with Crippen molar-refractivity contribution < 1.29 is 23.4 Å². The Balaban J connectivity index is 2.53. The van der Waals surface area contributed by atoms with Crippen LogP contribution in [0.5, 0.6) is 5.88 Å². The highest BCUT2D eigenvalue weighted by molar-refractivity contribution is 5.94. The summed E-state index contributed by atoms with van der Waals surface area (Å²) in [7, 11) is 0. The number of hydrogen-bond donors (Lipinski definition) is 2. The SMILES string of the molecule is CC(CCO)NC(=O)c1ccc(OCC(F)F)nc1. The highest BCUT2D eigenvalue weighted by atomic mass is 19.3. The van der Waals surface area contributed by atoms with Gasteiger partial charge >= 0.3 is 0 Å². The number of aliphatic hydroxyl groups excluding tert-OH is 1. The van der Waals surface area contributed by atoms with Gasteiger partial charge < -0.3 is 15.2 Å². The highest BCUT2D eigenvalue weighted by Crippen LogP contribution is 2.09. The summed E-state index contributed by atoms with van der Waals surface area (Å²) in [5.41, 5.74) is 0.300. The number of halogens is 2. The van der Waals surface area contributed by atoms with Gasteiger partial charge in [0, 0.05) is 24.9 Å². The average molecular weight is 274 g/mol. The summed E-state index contributed by atoms with van der Waals surface area (Å²) in [6, 6.07) is 2.63. The predicted octanol–water partition coefficient (Wildman–Crippen LogP) is 1.23. The van der Waals surface area contributed by atoms with Crippen LogP contribution in [0.25, 0.3) is 0 Å². The van der Waals surface area contributed by atoms with Crippen LogP contribution in [0, 0.1) is 0 Å². The molecule has 106 valence electrons. The van der Waals surface area contributed by atoms with Gasteiger partial charge in [-0.15, -0.1) is 0 Å². The molecule has 0 saturated carbocycles. The van der Waals surface area contributed by atoms with E-state index >= 15 is 0 Å². The second-order valence-corrected chi connectivity index (χ2v) is 3.97. The Hall–Kier alpha value is -1.76. The van der Waals surface area contributed by atoms with E-state index in [4.69, 9.17) is 9.84 Å². The van der Waals surface area contributed by atoms with E-state index in [-0.39, 0.29) is 24.4 Å². The first kappa shape index (κ1) is 15.3. The van der Waals surface area contributed by atoms with Crippen LogP contribution in [-0.2, 0) is 0 Å². The van der Waals surface area contributed by atoms with Crippen LogP contribution in [0.15, 0.2) is 18.3 Å². The average Bonchev–Trinajstić information content (AvgIpc) is 2.37. The van der Waals surface area contributed by atoms with E-state index in [0.29, 0.717) is 12.0 Å². The zero-order chi connectivity index (χ0) is 14.3. The van der Waals surface area contributed by atoms with Crippen molar-refractivity contribution in [3.8, 4) is 5.88 Å². The molecule has 1 unspecified atom stereocenters. The number of pyridine rings is 1. The van der Waals surface area contributed by atoms with Gasteiger partial charge in [0.2, 0.25) is 5.88 Å². The van der Waals surface area contributed by atoms with E-state index in [1.54, 1.807) is 6.92 Å². The first-order valence-corrected chi connectivity index (χ1v) is 5.81. The van der Waals surface area contributed by atoms with Crippen LogP contribution in [0.4, 0.5) is 8.78 Å². The molecule has 0 radical (unpaired) electrons. The predicted molar refractivity (Wildman–Crippen MR) is 64.4 cm³/mol. The van der Waals surface area contributed by atoms with Crippen molar-refractivity contribution in [2.24, 2.45) is 0 Å². The van der Waals surface area contributed by atoms with Crippen molar-refractivity contribution in [2.45, 2.75) is 25.8 Å². The Morgan fingerprint density at radius 1 is 1.53 bits per heavy atom. The number of carbonyl (C=O) groups excluding carboxylic acids is 1. The molecule has 1 heterocycles. The summed E-state index contributed by atoms with van der Waals surface area (Å²) >= 11 is 0. The molecule has 1 atom stereocenters. The largest absolute Gasteiger partial charge is 0.472 e. The molecular formula is C12H16F2N2O3. The minimum absolute atomic E-state index is 0.0138. The van der Waals surface area contributed by atoms with Gasteiger partial charge in [-0.1, -0.05) is 0 Å². The maximum Gasteiger partial charge on any atom is 0.272 e. The lowest BCUT2D eigenvalue weighted by molar-refractivity contribution is 0.0794. The third kappa shape index (κ3) is 5.60. The van der Waals surface area contributed by atoms with Crippen LogP contribution >= 0.6 is 0 Å². The monoisotopic (exact) mass is 274 g/mol. The summed E-state index contributed by atoms with van der Waals surface area (Å²) in [4.78, 5) is 15.5. The minimum atomic E-state index is -2.57. The van der Waals surface area contributed by atoms with Gasteiger partial charge in [-0.2, -0.15) is 0 Å². The van der Waals surface area contributed by atoms with Gasteiger partial charge in [0.05, 0.1) is 5.56 Å². The fourth-order valence-electron chi connectivity index (χ4n) is 1.32. The van der Waals surface area contributed by atoms with Gasteiger partial charge in [0.25, 0.3) is 12.3 Å². The molecule has 1 aromatic heterocycles. The quantitative estimate of drug-likeness (QED) is 0.784. The second kappa shape index (κ2) is 7.63. The fraction of sp³-hybridized carbons (Fsp3) is 0.500. The number of nitrogens with one attached hydrogen (secondary N) is 1. The molecule has 7 heteroatoms. The smallest absolute Gasteiger partial charge is 0.272 e. The third-order valence-electron chi connectivity index (χ3n) is 2.30. The number of hydrogen-bond acceptors (Lipinski definition) is 4. The molecule has 1 aromatic rings. The van der Waals surface area contributed by atoms with Crippen molar-refractivity contribution in [3.63, 3.8) is 0 Å². The van der Waals surface area contributed by atoms with Crippen molar-refractivity contribution >= 4 is 5.91 Å². The van der Waals surface area contributed by atoms with Crippen LogP contribution in [0.1, 0.15) is 23.7 Å². The Kier molecular flexibility index (Phi) is 6.14. The molecular weight excluding hydrogens is 258 g/mol. The maximum atomic E-state index is 11.9. The first-order valence-electron chi connectivity index (χ1n) is 5.81. The maximum absolute atomic E-state index is 11.9. The van der Waals surface area contributed by atoms with Crippen LogP contribution in [0.3, 0.4) is 0 Å². The highest BCUT2D eigenvalue weighted by Gasteiger charge is 2.10. The Morgan fingerprint density at radius 3 is 2.79 bits per heavy atom. The standard InChI is InChI=1S/C12H16F2N2O3/c1-8(4-5-17)16-12(18)9-2-3-11(15-6-9)19-7-10(13)14/h2-3,6,8,10,17H,4-5,7H2,1H3,(H,16,18). The first-order chi connectivity index (χ1) is 9.02. The van der Waals surface area contributed by atoms with Gasteiger partial charge in [0.15, 0.2) is 6.61 Å². The topological polar surface area (TPSA) is 71.5 Å². The number of aliphatic hydroxyl groups is 1. The number of amides is 1. The molecule has 0 fully saturated rings. The van der Waals surface area contributed by atoms with E-state index in [1.165, 1.54) is 18.3 Å². The van der Waals surface area contributed by atoms with Gasteiger partial charge in [-0.3, -0.25) is 4.79 Å². The zero-order valence-corrected chi connectivity index (χ0v) is 10.5. The molecule has 1 amide bonds. The van der Waals surface area contributed by atoms with Gasteiger partial charge in [-0.05, 0) is 19.4 Å². The van der Waals surface area contributed by atoms with Crippen LogP contribution in [-0.4, -0.2) is 41.7 Å². The van der Waals surface area contributed by atoms with E-state index < -0.39 is 13.0 Å². The number of rotatable bonds is 7. The number of ether oxygens (including phenoxy) is 1. The van der Waals surface area contributed by atoms with Crippen LogP contribution in [0.2, 0.25) is 0 Å². The lowest BCUT2D eigenvalue weighted by Crippen LogP contribution is -2.33. The summed E-state index contributed by atoms with van der Waals surface area (Å²) in [5.74, 6) is -0.297. The molecule has 19 heavy (non-hydrogen) atoms. The second-order valence-electron chi connectivity index (χ2n) is 3.97. The normalized spacial score (nSPS) is 12.3. The molecule has 0 saturated heterocycles. The Labute approximate surface area is 109 Å². The van der Waals surface area contributed by atoms with E-state index in [1.807, 2.05) is 0 Å². The summed E-state index contributed by atoms with van der Waals surface area (Å²) in [5, 5.41) is 11.4. The van der Waals surface area contributed by atoms with E-state index in [9.17, 15) is 13.6 Å². The zero-order valence-electron chi connectivity index (χ0n) is 10.5. The molecule has 0 aliphatic rings. The molecule has 1 rings (SSSR count). The summed E-state index contributed by atoms with van der Waals surface area (Å²) < 4.78 is 28.5. The van der Waals surface area contributed by atoms with Crippen molar-refractivity contribution in [3.05, 3.63) is 23.9 Å². The molecule has 0 spiro atoms. The minimum Gasteiger partial charge on any atom is -0.472 e. The van der Waals surface area contributed by atoms with Gasteiger partial charge in [0.1, 0.15) is 0 Å². The van der Waals surface area contributed by atoms with E-state index in [2.05, 4.69) is 10.3 Å². The summed E-state index contributed by atoms with van der Waals surface area (Å²) in [6.45, 7) is 1.02. The number of nitrogens with zero attached hydrogens (tertiary/aromatic N) is 1. The van der Waals surface area contributed by atoms with Crippen molar-refractivity contribution in [2.75, 3.05) is 13.2 Å². The van der Waals surface area contributed by atoms with Crippen molar-refractivity contribution in [1.29, 1.82) is 0 Å². The summed E-state index contributed by atoms with van der Waals surface area (Å²) in [6.07, 6.45) is -0.861. The Bertz CT molecular complexity index is 398. The lowest BCUT2D eigenvalue weighted by atomic mass is 10.2. The number of aromatic nitrogens is 1. The lowest BCUT2D eigenvalue weighted by Gasteiger charge is -2.12. The molecule has 0 aliphatic carbocycles. The van der Waals surface area contributed by atoms with Crippen molar-refractivity contribution in [1.82, 2.24) is 10.3 Å². The van der Waals surface area contributed by atoms with Gasteiger partial charge in [-0.25, -0.2) is 13.8 Å². The molecule has 0 bridgehead atoms. The Morgan fingerprint density at radius 2 is 2.26 bits per heavy atom. The molecule has 5 nitrogen and oxygen atoms in total. The fourth-order valence-corrected chi connectivity index (χ4v) is 1.32. The van der Waals surface area contributed by atoms with E-state index in [0.717, 1.165) is 0 Å². The number of alkyl halides is 2. The number of carbonyl (C=O) groups is 1. The molecule has 2 N–H and O–H groups in total. The molecule has 0 aliphatic heterocycles.